The third kappa shape index (κ3) is 3.65. The van der Waals surface area contributed by atoms with E-state index in [0.29, 0.717) is 11.0 Å². The summed E-state index contributed by atoms with van der Waals surface area (Å²) in [4.78, 5) is 20.9. The maximum absolute atomic E-state index is 13.2. The van der Waals surface area contributed by atoms with Gasteiger partial charge in [-0.3, -0.25) is 9.48 Å². The number of aryl methyl sites for hydroxylation is 1. The second kappa shape index (κ2) is 7.61. The van der Waals surface area contributed by atoms with Gasteiger partial charge in [0.15, 0.2) is 0 Å². The van der Waals surface area contributed by atoms with Crippen LogP contribution < -0.4 is 5.32 Å². The topological polar surface area (TPSA) is 75.6 Å². The SMILES string of the molecule is CC1(CC2CC2)CCC(NC(=O)c2cnn3c2C=C(c2c[nH]c4ncccc24)CC3)CC1. The van der Waals surface area contributed by atoms with Gasteiger partial charge in [-0.2, -0.15) is 5.10 Å². The molecule has 2 N–H and O–H groups in total. The molecule has 32 heavy (non-hydrogen) atoms. The number of hydrogen-bond acceptors (Lipinski definition) is 3. The van der Waals surface area contributed by atoms with Crippen LogP contribution in [0.5, 0.6) is 0 Å². The smallest absolute Gasteiger partial charge is 0.255 e. The Morgan fingerprint density at radius 1 is 1.28 bits per heavy atom. The molecule has 166 valence electrons. The minimum atomic E-state index is 0.0140. The first kappa shape index (κ1) is 19.8. The molecule has 6 heteroatoms. The van der Waals surface area contributed by atoms with Crippen LogP contribution in [0.3, 0.4) is 0 Å². The first-order chi connectivity index (χ1) is 15.6. The fraction of sp³-hybridized carbons (Fsp3) is 0.500. The third-order valence-electron chi connectivity index (χ3n) is 7.83. The normalized spacial score (nSPS) is 25.4. The van der Waals surface area contributed by atoms with Gasteiger partial charge in [0.1, 0.15) is 5.65 Å². The summed E-state index contributed by atoms with van der Waals surface area (Å²) in [5.74, 6) is 0.985. The van der Waals surface area contributed by atoms with Crippen molar-refractivity contribution in [2.45, 2.75) is 70.9 Å². The number of pyridine rings is 1. The summed E-state index contributed by atoms with van der Waals surface area (Å²) in [5.41, 5.74) is 5.36. The standard InChI is InChI=1S/C26H31N5O/c1-26(14-17-4-5-17)9-6-19(7-10-26)30-25(32)22-16-29-31-12-8-18(13-23(22)31)21-15-28-24-20(21)3-2-11-27-24/h2-3,11,13,15-17,19H,4-10,12,14H2,1H3,(H,27,28)(H,30,32). The van der Waals surface area contributed by atoms with Crippen molar-refractivity contribution in [1.29, 1.82) is 0 Å². The van der Waals surface area contributed by atoms with E-state index in [1.54, 1.807) is 12.4 Å². The lowest BCUT2D eigenvalue weighted by molar-refractivity contribution is 0.0895. The molecule has 3 aromatic rings. The summed E-state index contributed by atoms with van der Waals surface area (Å²) in [6.45, 7) is 3.23. The Morgan fingerprint density at radius 2 is 2.12 bits per heavy atom. The summed E-state index contributed by atoms with van der Waals surface area (Å²) >= 11 is 0. The Morgan fingerprint density at radius 3 is 2.94 bits per heavy atom. The van der Waals surface area contributed by atoms with E-state index in [0.717, 1.165) is 54.0 Å². The molecular weight excluding hydrogens is 398 g/mol. The molecule has 0 spiro atoms. The van der Waals surface area contributed by atoms with Crippen LogP contribution in [0.2, 0.25) is 0 Å². The van der Waals surface area contributed by atoms with E-state index in [4.69, 9.17) is 0 Å². The molecule has 3 aliphatic rings. The van der Waals surface area contributed by atoms with Gasteiger partial charge in [-0.25, -0.2) is 4.98 Å². The predicted molar refractivity (Wildman–Crippen MR) is 126 cm³/mol. The molecule has 6 rings (SSSR count). The van der Waals surface area contributed by atoms with Crippen molar-refractivity contribution < 1.29 is 4.79 Å². The number of aromatic amines is 1. The molecular formula is C26H31N5O. The van der Waals surface area contributed by atoms with Gasteiger partial charge in [-0.1, -0.05) is 19.8 Å². The highest BCUT2D eigenvalue weighted by Gasteiger charge is 2.37. The predicted octanol–water partition coefficient (Wildman–Crippen LogP) is 5.18. The van der Waals surface area contributed by atoms with Crippen LogP contribution in [0.4, 0.5) is 0 Å². The average Bonchev–Trinajstić information content (AvgIpc) is 3.34. The number of H-pyrrole nitrogens is 1. The quantitative estimate of drug-likeness (QED) is 0.587. The van der Waals surface area contributed by atoms with Crippen molar-refractivity contribution in [3.05, 3.63) is 47.5 Å². The van der Waals surface area contributed by atoms with Crippen LogP contribution in [-0.4, -0.2) is 31.7 Å². The fourth-order valence-electron chi connectivity index (χ4n) is 5.74. The highest BCUT2D eigenvalue weighted by molar-refractivity contribution is 6.01. The molecule has 2 saturated carbocycles. The van der Waals surface area contributed by atoms with Crippen molar-refractivity contribution in [3.63, 3.8) is 0 Å². The highest BCUT2D eigenvalue weighted by atomic mass is 16.1. The summed E-state index contributed by atoms with van der Waals surface area (Å²) in [6, 6.07) is 4.33. The largest absolute Gasteiger partial charge is 0.349 e. The number of carbonyl (C=O) groups excluding carboxylic acids is 1. The Kier molecular flexibility index (Phi) is 4.70. The Balaban J connectivity index is 1.18. The first-order valence-electron chi connectivity index (χ1n) is 12.1. The number of nitrogens with one attached hydrogen (secondary N) is 2. The van der Waals surface area contributed by atoms with Gasteiger partial charge >= 0.3 is 0 Å². The van der Waals surface area contributed by atoms with Gasteiger partial charge in [-0.05, 0) is 73.6 Å². The van der Waals surface area contributed by atoms with Crippen LogP contribution >= 0.6 is 0 Å². The Labute approximate surface area is 188 Å². The number of hydrogen-bond donors (Lipinski definition) is 2. The van der Waals surface area contributed by atoms with Gasteiger partial charge in [-0.15, -0.1) is 0 Å². The van der Waals surface area contributed by atoms with Gasteiger partial charge in [0.25, 0.3) is 5.91 Å². The Bertz CT molecular complexity index is 1190. The van der Waals surface area contributed by atoms with Gasteiger partial charge in [0.05, 0.1) is 17.5 Å². The number of allylic oxidation sites excluding steroid dienone is 1. The molecule has 2 fully saturated rings. The molecule has 0 aromatic carbocycles. The minimum Gasteiger partial charge on any atom is -0.349 e. The van der Waals surface area contributed by atoms with Crippen LogP contribution in [0.25, 0.3) is 22.7 Å². The summed E-state index contributed by atoms with van der Waals surface area (Å²) < 4.78 is 1.96. The van der Waals surface area contributed by atoms with Gasteiger partial charge in [0.2, 0.25) is 0 Å². The summed E-state index contributed by atoms with van der Waals surface area (Å²) in [7, 11) is 0. The highest BCUT2D eigenvalue weighted by Crippen LogP contribution is 2.47. The van der Waals surface area contributed by atoms with Crippen molar-refractivity contribution in [2.75, 3.05) is 0 Å². The van der Waals surface area contributed by atoms with E-state index in [2.05, 4.69) is 39.4 Å². The molecule has 1 aliphatic heterocycles. The molecule has 0 unspecified atom stereocenters. The van der Waals surface area contributed by atoms with Gasteiger partial charge < -0.3 is 10.3 Å². The van der Waals surface area contributed by atoms with Crippen LogP contribution in [0.15, 0.2) is 30.7 Å². The van der Waals surface area contributed by atoms with Crippen molar-refractivity contribution in [2.24, 2.45) is 11.3 Å². The number of amides is 1. The second-order valence-corrected chi connectivity index (χ2v) is 10.4. The zero-order valence-corrected chi connectivity index (χ0v) is 18.7. The maximum Gasteiger partial charge on any atom is 0.255 e. The zero-order chi connectivity index (χ0) is 21.7. The lowest BCUT2D eigenvalue weighted by Crippen LogP contribution is -2.40. The molecule has 3 aromatic heterocycles. The van der Waals surface area contributed by atoms with E-state index in [1.807, 2.05) is 16.9 Å². The number of carbonyl (C=O) groups is 1. The third-order valence-corrected chi connectivity index (χ3v) is 7.83. The maximum atomic E-state index is 13.2. The molecule has 2 aliphatic carbocycles. The molecule has 4 heterocycles. The van der Waals surface area contributed by atoms with Crippen LogP contribution in [-0.2, 0) is 6.54 Å². The average molecular weight is 430 g/mol. The number of aromatic nitrogens is 4. The molecule has 0 saturated heterocycles. The summed E-state index contributed by atoms with van der Waals surface area (Å²) in [5, 5.41) is 8.94. The van der Waals surface area contributed by atoms with Crippen molar-refractivity contribution in [3.8, 4) is 0 Å². The van der Waals surface area contributed by atoms with E-state index in [9.17, 15) is 4.79 Å². The Hall–Kier alpha value is -2.89. The lowest BCUT2D eigenvalue weighted by atomic mass is 9.71. The van der Waals surface area contributed by atoms with Crippen LogP contribution in [0, 0.1) is 11.3 Å². The first-order valence-corrected chi connectivity index (χ1v) is 12.1. The molecule has 0 atom stereocenters. The molecule has 1 amide bonds. The fourth-order valence-corrected chi connectivity index (χ4v) is 5.74. The van der Waals surface area contributed by atoms with Crippen LogP contribution in [0.1, 0.15) is 79.9 Å². The monoisotopic (exact) mass is 429 g/mol. The zero-order valence-electron chi connectivity index (χ0n) is 18.7. The van der Waals surface area contributed by atoms with E-state index in [-0.39, 0.29) is 11.9 Å². The number of nitrogens with zero attached hydrogens (tertiary/aromatic N) is 3. The number of fused-ring (bicyclic) bond motifs is 2. The van der Waals surface area contributed by atoms with Crippen molar-refractivity contribution >= 4 is 28.6 Å². The minimum absolute atomic E-state index is 0.0140. The van der Waals surface area contributed by atoms with Crippen molar-refractivity contribution in [1.82, 2.24) is 25.1 Å². The molecule has 6 nitrogen and oxygen atoms in total. The van der Waals surface area contributed by atoms with E-state index in [1.165, 1.54) is 37.7 Å². The van der Waals surface area contributed by atoms with E-state index < -0.39 is 0 Å². The van der Waals surface area contributed by atoms with Gasteiger partial charge in [0, 0.05) is 35.9 Å². The molecule has 0 bridgehead atoms. The lowest BCUT2D eigenvalue weighted by Gasteiger charge is -2.38. The van der Waals surface area contributed by atoms with E-state index >= 15 is 0 Å². The number of rotatable bonds is 5. The second-order valence-electron chi connectivity index (χ2n) is 10.4. The molecule has 0 radical (unpaired) electrons. The summed E-state index contributed by atoms with van der Waals surface area (Å²) in [6.07, 6.45) is 17.4.